The number of ether oxygens (including phenoxy) is 1. The van der Waals surface area contributed by atoms with E-state index >= 15 is 0 Å². The average molecular weight is 260 g/mol. The highest BCUT2D eigenvalue weighted by Crippen LogP contribution is 2.42. The Bertz CT molecular complexity index is 574. The zero-order valence-corrected chi connectivity index (χ0v) is 11.3. The summed E-state index contributed by atoms with van der Waals surface area (Å²) in [6, 6.07) is 9.91. The Hall–Kier alpha value is -1.32. The SMILES string of the molecule is Cc1cc(C2C[C@H](O)c3ccccc3O2)c(C)s1. The summed E-state index contributed by atoms with van der Waals surface area (Å²) in [6.07, 6.45) is 0.174. The number of benzene rings is 1. The summed E-state index contributed by atoms with van der Waals surface area (Å²) in [5.74, 6) is 0.810. The molecule has 18 heavy (non-hydrogen) atoms. The van der Waals surface area contributed by atoms with Gasteiger partial charge in [0.05, 0.1) is 6.10 Å². The minimum atomic E-state index is -0.431. The molecule has 0 saturated carbocycles. The predicted octanol–water partition coefficient (Wildman–Crippen LogP) is 3.92. The molecule has 1 aromatic heterocycles. The van der Waals surface area contributed by atoms with E-state index in [2.05, 4.69) is 19.9 Å². The highest BCUT2D eigenvalue weighted by atomic mass is 32.1. The number of fused-ring (bicyclic) bond motifs is 1. The Morgan fingerprint density at radius 3 is 2.72 bits per heavy atom. The quantitative estimate of drug-likeness (QED) is 0.842. The van der Waals surface area contributed by atoms with E-state index in [1.807, 2.05) is 24.3 Å². The number of para-hydroxylation sites is 1. The van der Waals surface area contributed by atoms with Crippen LogP contribution in [0.1, 0.15) is 39.5 Å². The van der Waals surface area contributed by atoms with Crippen molar-refractivity contribution >= 4 is 11.3 Å². The molecule has 1 unspecified atom stereocenters. The fraction of sp³-hybridized carbons (Fsp3) is 0.333. The predicted molar refractivity (Wildman–Crippen MR) is 73.2 cm³/mol. The van der Waals surface area contributed by atoms with Crippen molar-refractivity contribution in [2.75, 3.05) is 0 Å². The molecule has 1 aromatic carbocycles. The molecule has 3 heteroatoms. The van der Waals surface area contributed by atoms with Gasteiger partial charge < -0.3 is 9.84 Å². The second-order valence-electron chi connectivity index (χ2n) is 4.76. The molecule has 2 heterocycles. The van der Waals surface area contributed by atoms with E-state index in [-0.39, 0.29) is 6.10 Å². The molecule has 94 valence electrons. The first-order chi connectivity index (χ1) is 8.65. The van der Waals surface area contributed by atoms with E-state index in [1.165, 1.54) is 15.3 Å². The van der Waals surface area contributed by atoms with Crippen LogP contribution in [0.5, 0.6) is 5.75 Å². The van der Waals surface area contributed by atoms with Gasteiger partial charge in [0.2, 0.25) is 0 Å². The molecule has 0 fully saturated rings. The largest absolute Gasteiger partial charge is 0.485 e. The summed E-state index contributed by atoms with van der Waals surface area (Å²) >= 11 is 1.78. The van der Waals surface area contributed by atoms with E-state index in [0.717, 1.165) is 11.3 Å². The third-order valence-electron chi connectivity index (χ3n) is 3.41. The molecule has 2 nitrogen and oxygen atoms in total. The van der Waals surface area contributed by atoms with E-state index < -0.39 is 6.10 Å². The van der Waals surface area contributed by atoms with Gasteiger partial charge in [-0.25, -0.2) is 0 Å². The summed E-state index contributed by atoms with van der Waals surface area (Å²) in [6.45, 7) is 4.22. The van der Waals surface area contributed by atoms with Crippen LogP contribution in [0.25, 0.3) is 0 Å². The number of thiophene rings is 1. The zero-order chi connectivity index (χ0) is 12.7. The molecular formula is C15H16O2S. The van der Waals surface area contributed by atoms with Gasteiger partial charge in [-0.1, -0.05) is 18.2 Å². The summed E-state index contributed by atoms with van der Waals surface area (Å²) in [5, 5.41) is 10.2. The molecule has 0 radical (unpaired) electrons. The maximum Gasteiger partial charge on any atom is 0.128 e. The smallest absolute Gasteiger partial charge is 0.128 e. The van der Waals surface area contributed by atoms with E-state index in [4.69, 9.17) is 4.74 Å². The van der Waals surface area contributed by atoms with Crippen LogP contribution in [-0.4, -0.2) is 5.11 Å². The molecule has 0 saturated heterocycles. The van der Waals surface area contributed by atoms with Gasteiger partial charge in [0.25, 0.3) is 0 Å². The Labute approximate surface area is 111 Å². The minimum Gasteiger partial charge on any atom is -0.485 e. The van der Waals surface area contributed by atoms with Crippen LogP contribution in [0.3, 0.4) is 0 Å². The molecule has 0 amide bonds. The summed E-state index contributed by atoms with van der Waals surface area (Å²) in [7, 11) is 0. The highest BCUT2D eigenvalue weighted by Gasteiger charge is 2.29. The van der Waals surface area contributed by atoms with Crippen LogP contribution in [0.15, 0.2) is 30.3 Å². The monoisotopic (exact) mass is 260 g/mol. The Morgan fingerprint density at radius 2 is 2.00 bits per heavy atom. The lowest BCUT2D eigenvalue weighted by atomic mass is 9.95. The first-order valence-electron chi connectivity index (χ1n) is 6.15. The Balaban J connectivity index is 1.97. The van der Waals surface area contributed by atoms with E-state index in [9.17, 15) is 5.11 Å². The minimum absolute atomic E-state index is 0.0279. The van der Waals surface area contributed by atoms with Crippen LogP contribution in [0.2, 0.25) is 0 Å². The van der Waals surface area contributed by atoms with Crippen molar-refractivity contribution in [2.45, 2.75) is 32.5 Å². The van der Waals surface area contributed by atoms with Crippen LogP contribution in [0.4, 0.5) is 0 Å². The van der Waals surface area contributed by atoms with Gasteiger partial charge in [0.1, 0.15) is 11.9 Å². The van der Waals surface area contributed by atoms with Gasteiger partial charge >= 0.3 is 0 Å². The number of aliphatic hydroxyl groups is 1. The van der Waals surface area contributed by atoms with Gasteiger partial charge in [0.15, 0.2) is 0 Å². The van der Waals surface area contributed by atoms with E-state index in [0.29, 0.717) is 6.42 Å². The van der Waals surface area contributed by atoms with E-state index in [1.54, 1.807) is 11.3 Å². The van der Waals surface area contributed by atoms with Crippen LogP contribution >= 0.6 is 11.3 Å². The molecule has 0 bridgehead atoms. The van der Waals surface area contributed by atoms with Crippen molar-refractivity contribution in [3.05, 3.63) is 51.2 Å². The molecule has 1 aliphatic heterocycles. The van der Waals surface area contributed by atoms with Crippen LogP contribution in [-0.2, 0) is 0 Å². The first kappa shape index (κ1) is 11.8. The van der Waals surface area contributed by atoms with Crippen molar-refractivity contribution in [1.29, 1.82) is 0 Å². The van der Waals surface area contributed by atoms with Crippen molar-refractivity contribution < 1.29 is 9.84 Å². The number of aliphatic hydroxyl groups excluding tert-OH is 1. The van der Waals surface area contributed by atoms with Crippen molar-refractivity contribution in [3.63, 3.8) is 0 Å². The number of rotatable bonds is 1. The lowest BCUT2D eigenvalue weighted by Crippen LogP contribution is -2.19. The zero-order valence-electron chi connectivity index (χ0n) is 10.5. The maximum absolute atomic E-state index is 10.2. The maximum atomic E-state index is 10.2. The Kier molecular flexibility index (Phi) is 2.88. The summed E-state index contributed by atoms with van der Waals surface area (Å²) < 4.78 is 6.03. The third kappa shape index (κ3) is 1.93. The molecule has 0 spiro atoms. The average Bonchev–Trinajstić information content (AvgIpc) is 2.68. The normalized spacial score (nSPS) is 22.4. The second-order valence-corrected chi connectivity index (χ2v) is 6.22. The molecule has 0 aliphatic carbocycles. The van der Waals surface area contributed by atoms with Gasteiger partial charge in [-0.3, -0.25) is 0 Å². The van der Waals surface area contributed by atoms with Crippen LogP contribution < -0.4 is 4.74 Å². The van der Waals surface area contributed by atoms with Gasteiger partial charge in [-0.15, -0.1) is 11.3 Å². The van der Waals surface area contributed by atoms with Crippen molar-refractivity contribution in [1.82, 2.24) is 0 Å². The molecule has 1 N–H and O–H groups in total. The van der Waals surface area contributed by atoms with Crippen molar-refractivity contribution in [3.8, 4) is 5.75 Å². The highest BCUT2D eigenvalue weighted by molar-refractivity contribution is 7.12. The third-order valence-corrected chi connectivity index (χ3v) is 4.39. The topological polar surface area (TPSA) is 29.5 Å². The molecule has 3 rings (SSSR count). The lowest BCUT2D eigenvalue weighted by molar-refractivity contribution is 0.0657. The molecule has 1 aliphatic rings. The van der Waals surface area contributed by atoms with Crippen LogP contribution in [0, 0.1) is 13.8 Å². The van der Waals surface area contributed by atoms with Crippen molar-refractivity contribution in [2.24, 2.45) is 0 Å². The summed E-state index contributed by atoms with van der Waals surface area (Å²) in [4.78, 5) is 2.57. The number of hydrogen-bond donors (Lipinski definition) is 1. The Morgan fingerprint density at radius 1 is 1.22 bits per heavy atom. The van der Waals surface area contributed by atoms with Gasteiger partial charge in [-0.05, 0) is 26.0 Å². The first-order valence-corrected chi connectivity index (χ1v) is 6.97. The molecule has 2 aromatic rings. The second kappa shape index (κ2) is 4.41. The number of hydrogen-bond acceptors (Lipinski definition) is 3. The fourth-order valence-electron chi connectivity index (χ4n) is 2.55. The molecular weight excluding hydrogens is 244 g/mol. The van der Waals surface area contributed by atoms with Gasteiger partial charge in [-0.2, -0.15) is 0 Å². The fourth-order valence-corrected chi connectivity index (χ4v) is 3.53. The van der Waals surface area contributed by atoms with Gasteiger partial charge in [0, 0.05) is 27.3 Å². The lowest BCUT2D eigenvalue weighted by Gasteiger charge is -2.29. The number of aryl methyl sites for hydroxylation is 2. The summed E-state index contributed by atoms with van der Waals surface area (Å²) in [5.41, 5.74) is 2.12. The standard InChI is InChI=1S/C15H16O2S/c1-9-7-12(10(2)18-9)15-8-13(16)11-5-3-4-6-14(11)17-15/h3-7,13,15-16H,8H2,1-2H3/t13-,15?/m0/s1. The molecule has 2 atom stereocenters.